The molecule has 0 saturated carbocycles. The van der Waals surface area contributed by atoms with Crippen molar-refractivity contribution in [3.63, 3.8) is 0 Å². The Kier molecular flexibility index (Phi) is 6.19. The van der Waals surface area contributed by atoms with Gasteiger partial charge in [-0.3, -0.25) is 4.79 Å². The second kappa shape index (κ2) is 7.24. The Bertz CT molecular complexity index is 627. The van der Waals surface area contributed by atoms with Gasteiger partial charge in [0.25, 0.3) is 5.91 Å². The summed E-state index contributed by atoms with van der Waals surface area (Å²) in [7, 11) is -3.96. The van der Waals surface area contributed by atoms with Crippen LogP contribution in [-0.4, -0.2) is 20.9 Å². The molecule has 7 heteroatoms. The summed E-state index contributed by atoms with van der Waals surface area (Å²) in [6, 6.07) is 2.76. The molecule has 118 valence electrons. The molecule has 1 aromatic rings. The molecule has 0 aliphatic carbocycles. The zero-order valence-corrected chi connectivity index (χ0v) is 14.0. The molecule has 1 aromatic carbocycles. The molecule has 3 N–H and O–H groups in total. The third kappa shape index (κ3) is 5.30. The number of halogens is 1. The van der Waals surface area contributed by atoms with Gasteiger partial charge in [-0.25, -0.2) is 13.6 Å². The van der Waals surface area contributed by atoms with Crippen LogP contribution in [0, 0.1) is 12.8 Å². The van der Waals surface area contributed by atoms with Crippen LogP contribution in [0.2, 0.25) is 5.02 Å². The maximum absolute atomic E-state index is 12.0. The second-order valence-electron chi connectivity index (χ2n) is 5.44. The van der Waals surface area contributed by atoms with Gasteiger partial charge in [0, 0.05) is 12.1 Å². The van der Waals surface area contributed by atoms with Crippen LogP contribution < -0.4 is 10.5 Å². The molecule has 0 aliphatic heterocycles. The average molecular weight is 333 g/mol. The number of carbonyl (C=O) groups is 1. The molecule has 0 saturated heterocycles. The summed E-state index contributed by atoms with van der Waals surface area (Å²) in [4.78, 5) is 11.8. The molecular formula is C14H21ClN2O3S. The van der Waals surface area contributed by atoms with Crippen LogP contribution in [0.5, 0.6) is 0 Å². The summed E-state index contributed by atoms with van der Waals surface area (Å²) in [5, 5.41) is 7.92. The maximum Gasteiger partial charge on any atom is 0.251 e. The summed E-state index contributed by atoms with van der Waals surface area (Å²) in [5.74, 6) is 0.247. The van der Waals surface area contributed by atoms with Crippen molar-refractivity contribution in [1.29, 1.82) is 0 Å². The number of aryl methyl sites for hydroxylation is 1. The van der Waals surface area contributed by atoms with Crippen molar-refractivity contribution in [2.75, 3.05) is 6.54 Å². The average Bonchev–Trinajstić information content (AvgIpc) is 2.35. The largest absolute Gasteiger partial charge is 0.352 e. The minimum absolute atomic E-state index is 0.0499. The van der Waals surface area contributed by atoms with Gasteiger partial charge in [0.05, 0.1) is 5.02 Å². The fourth-order valence-electron chi connectivity index (χ4n) is 1.89. The van der Waals surface area contributed by atoms with Crippen molar-refractivity contribution in [2.45, 2.75) is 38.5 Å². The standard InChI is InChI=1S/C14H21ClN2O3S/c1-9(2)5-4-6-17-14(18)11-7-10(3)13(15)12(8-11)21(16,19)20/h7-9H,4-6H2,1-3H3,(H,17,18)(H2,16,19,20). The first-order chi connectivity index (χ1) is 9.62. The first-order valence-electron chi connectivity index (χ1n) is 6.74. The maximum atomic E-state index is 12.0. The molecular weight excluding hydrogens is 312 g/mol. The van der Waals surface area contributed by atoms with Crippen LogP contribution in [0.3, 0.4) is 0 Å². The van der Waals surface area contributed by atoms with E-state index in [0.29, 0.717) is 18.0 Å². The van der Waals surface area contributed by atoms with Gasteiger partial charge in [-0.2, -0.15) is 0 Å². The van der Waals surface area contributed by atoms with Crippen LogP contribution in [0.4, 0.5) is 0 Å². The molecule has 5 nitrogen and oxygen atoms in total. The SMILES string of the molecule is Cc1cc(C(=O)NCCCC(C)C)cc(S(N)(=O)=O)c1Cl. The highest BCUT2D eigenvalue weighted by molar-refractivity contribution is 7.89. The highest BCUT2D eigenvalue weighted by Gasteiger charge is 2.18. The zero-order valence-electron chi connectivity index (χ0n) is 12.4. The van der Waals surface area contributed by atoms with Crippen LogP contribution in [-0.2, 0) is 10.0 Å². The lowest BCUT2D eigenvalue weighted by atomic mass is 10.1. The minimum Gasteiger partial charge on any atom is -0.352 e. The van der Waals surface area contributed by atoms with Crippen molar-refractivity contribution >= 4 is 27.5 Å². The molecule has 0 aromatic heterocycles. The molecule has 0 atom stereocenters. The molecule has 0 aliphatic rings. The molecule has 0 bridgehead atoms. The second-order valence-corrected chi connectivity index (χ2v) is 7.35. The summed E-state index contributed by atoms with van der Waals surface area (Å²) >= 11 is 5.93. The van der Waals surface area contributed by atoms with E-state index < -0.39 is 10.0 Å². The van der Waals surface area contributed by atoms with Gasteiger partial charge < -0.3 is 5.32 Å². The lowest BCUT2D eigenvalue weighted by Crippen LogP contribution is -2.25. The molecule has 0 heterocycles. The Morgan fingerprint density at radius 3 is 2.52 bits per heavy atom. The van der Waals surface area contributed by atoms with Crippen LogP contribution in [0.15, 0.2) is 17.0 Å². The highest BCUT2D eigenvalue weighted by Crippen LogP contribution is 2.25. The number of benzene rings is 1. The monoisotopic (exact) mass is 332 g/mol. The Morgan fingerprint density at radius 1 is 1.38 bits per heavy atom. The third-order valence-corrected chi connectivity index (χ3v) is 4.58. The lowest BCUT2D eigenvalue weighted by Gasteiger charge is -2.10. The van der Waals surface area contributed by atoms with Crippen molar-refractivity contribution in [2.24, 2.45) is 11.1 Å². The fourth-order valence-corrected chi connectivity index (χ4v) is 3.02. The molecule has 0 spiro atoms. The van der Waals surface area contributed by atoms with E-state index in [9.17, 15) is 13.2 Å². The fraction of sp³-hybridized carbons (Fsp3) is 0.500. The third-order valence-electron chi connectivity index (χ3n) is 3.03. The summed E-state index contributed by atoms with van der Waals surface area (Å²) < 4.78 is 23.0. The van der Waals surface area contributed by atoms with Crippen LogP contribution in [0.25, 0.3) is 0 Å². The van der Waals surface area contributed by atoms with Crippen LogP contribution >= 0.6 is 11.6 Å². The van der Waals surface area contributed by atoms with Gasteiger partial charge in [-0.05, 0) is 43.4 Å². The number of carbonyl (C=O) groups excluding carboxylic acids is 1. The van der Waals surface area contributed by atoms with E-state index in [1.807, 2.05) is 0 Å². The van der Waals surface area contributed by atoms with Gasteiger partial charge >= 0.3 is 0 Å². The topological polar surface area (TPSA) is 89.3 Å². The molecule has 1 amide bonds. The van der Waals surface area contributed by atoms with Gasteiger partial charge in [-0.1, -0.05) is 25.4 Å². The molecule has 0 fully saturated rings. The molecule has 21 heavy (non-hydrogen) atoms. The Hall–Kier alpha value is -1.11. The highest BCUT2D eigenvalue weighted by atomic mass is 35.5. The Morgan fingerprint density at radius 2 is 2.00 bits per heavy atom. The summed E-state index contributed by atoms with van der Waals surface area (Å²) in [5.41, 5.74) is 0.737. The number of hydrogen-bond acceptors (Lipinski definition) is 3. The summed E-state index contributed by atoms with van der Waals surface area (Å²) in [6.07, 6.45) is 1.89. The van der Waals surface area contributed by atoms with E-state index in [1.54, 1.807) is 13.0 Å². The van der Waals surface area contributed by atoms with E-state index in [0.717, 1.165) is 12.8 Å². The number of primary sulfonamides is 1. The van der Waals surface area contributed by atoms with E-state index in [-0.39, 0.29) is 21.4 Å². The number of hydrogen-bond donors (Lipinski definition) is 2. The predicted molar refractivity (Wildman–Crippen MR) is 84.0 cm³/mol. The van der Waals surface area contributed by atoms with E-state index in [1.165, 1.54) is 6.07 Å². The number of nitrogens with two attached hydrogens (primary N) is 1. The van der Waals surface area contributed by atoms with Crippen molar-refractivity contribution in [1.82, 2.24) is 5.32 Å². The first-order valence-corrected chi connectivity index (χ1v) is 8.66. The number of nitrogens with one attached hydrogen (secondary N) is 1. The van der Waals surface area contributed by atoms with E-state index in [2.05, 4.69) is 19.2 Å². The van der Waals surface area contributed by atoms with E-state index in [4.69, 9.17) is 16.7 Å². The molecule has 1 rings (SSSR count). The Balaban J connectivity index is 2.89. The van der Waals surface area contributed by atoms with Gasteiger partial charge in [-0.15, -0.1) is 0 Å². The van der Waals surface area contributed by atoms with Crippen molar-refractivity contribution in [3.05, 3.63) is 28.3 Å². The minimum atomic E-state index is -3.96. The van der Waals surface area contributed by atoms with Crippen LogP contribution in [0.1, 0.15) is 42.6 Å². The molecule has 0 radical (unpaired) electrons. The van der Waals surface area contributed by atoms with Gasteiger partial charge in [0.15, 0.2) is 0 Å². The molecule has 0 unspecified atom stereocenters. The zero-order chi connectivity index (χ0) is 16.2. The lowest BCUT2D eigenvalue weighted by molar-refractivity contribution is 0.0952. The predicted octanol–water partition coefficient (Wildman–Crippen LogP) is 2.46. The Labute approximate surface area is 130 Å². The van der Waals surface area contributed by atoms with E-state index >= 15 is 0 Å². The van der Waals surface area contributed by atoms with Crippen molar-refractivity contribution in [3.8, 4) is 0 Å². The number of amides is 1. The van der Waals surface area contributed by atoms with Gasteiger partial charge in [0.1, 0.15) is 4.90 Å². The number of sulfonamides is 1. The quantitative estimate of drug-likeness (QED) is 0.784. The normalized spacial score (nSPS) is 11.7. The smallest absolute Gasteiger partial charge is 0.251 e. The number of rotatable bonds is 6. The van der Waals surface area contributed by atoms with Crippen molar-refractivity contribution < 1.29 is 13.2 Å². The first kappa shape index (κ1) is 17.9. The van der Waals surface area contributed by atoms with Gasteiger partial charge in [0.2, 0.25) is 10.0 Å². The summed E-state index contributed by atoms with van der Waals surface area (Å²) in [6.45, 7) is 6.40.